The number of urea groups is 1. The van der Waals surface area contributed by atoms with Gasteiger partial charge in [0.25, 0.3) is 0 Å². The van der Waals surface area contributed by atoms with E-state index in [4.69, 9.17) is 0 Å². The first kappa shape index (κ1) is 16.0. The van der Waals surface area contributed by atoms with Gasteiger partial charge >= 0.3 is 6.03 Å². The van der Waals surface area contributed by atoms with Crippen molar-refractivity contribution in [2.45, 2.75) is 16.2 Å². The molecule has 2 heterocycles. The van der Waals surface area contributed by atoms with Gasteiger partial charge in [0, 0.05) is 4.90 Å². The number of benzene rings is 2. The first-order valence-corrected chi connectivity index (χ1v) is 9.58. The number of para-hydroxylation sites is 3. The number of fused-ring (bicyclic) bond motifs is 3. The minimum absolute atomic E-state index is 0.0348. The monoisotopic (exact) mass is 375 g/mol. The molecule has 1 aromatic heterocycles. The van der Waals surface area contributed by atoms with Crippen molar-refractivity contribution in [3.8, 4) is 0 Å². The molecule has 134 valence electrons. The number of imidazole rings is 1. The van der Waals surface area contributed by atoms with Crippen molar-refractivity contribution in [3.63, 3.8) is 0 Å². The Hall–Kier alpha value is -3.19. The standard InChI is InChI=1S/C20H17N5OS/c26-20(24-23-19-21-13-7-1-2-8-14(13)22-19)25-15-9-3-5-11-17(15)27-18-12-6-4-10-16(18)25/h1-12,15,17H,(H,24,26)(H2,21,22,23)/t15-,17+/m0/s1. The number of carbonyl (C=O) groups is 1. The highest BCUT2D eigenvalue weighted by Crippen LogP contribution is 2.43. The fourth-order valence-corrected chi connectivity index (χ4v) is 4.67. The van der Waals surface area contributed by atoms with Gasteiger partial charge in [0.1, 0.15) is 0 Å². The molecule has 5 rings (SSSR count). The Morgan fingerprint density at radius 1 is 1.07 bits per heavy atom. The number of thioether (sulfide) groups is 1. The summed E-state index contributed by atoms with van der Waals surface area (Å²) < 4.78 is 0. The Kier molecular flexibility index (Phi) is 3.86. The van der Waals surface area contributed by atoms with E-state index in [0.29, 0.717) is 5.95 Å². The molecule has 0 spiro atoms. The fourth-order valence-electron chi connectivity index (χ4n) is 3.41. The number of H-pyrrole nitrogens is 1. The number of anilines is 2. The molecule has 3 N–H and O–H groups in total. The molecule has 2 amide bonds. The van der Waals surface area contributed by atoms with E-state index in [-0.39, 0.29) is 17.3 Å². The molecular weight excluding hydrogens is 358 g/mol. The van der Waals surface area contributed by atoms with E-state index >= 15 is 0 Å². The van der Waals surface area contributed by atoms with Crippen molar-refractivity contribution in [3.05, 3.63) is 72.8 Å². The van der Waals surface area contributed by atoms with E-state index in [0.717, 1.165) is 21.6 Å². The van der Waals surface area contributed by atoms with Gasteiger partial charge in [-0.1, -0.05) is 48.6 Å². The third-order valence-electron chi connectivity index (χ3n) is 4.64. The van der Waals surface area contributed by atoms with Gasteiger partial charge < -0.3 is 4.98 Å². The number of aromatic amines is 1. The van der Waals surface area contributed by atoms with Crippen LogP contribution in [0.3, 0.4) is 0 Å². The number of amides is 2. The maximum absolute atomic E-state index is 13.0. The summed E-state index contributed by atoms with van der Waals surface area (Å²) in [5.74, 6) is 0.500. The number of nitrogens with one attached hydrogen (secondary N) is 3. The summed E-state index contributed by atoms with van der Waals surface area (Å²) in [5, 5.41) is 0.196. The average Bonchev–Trinajstić information content (AvgIpc) is 3.13. The van der Waals surface area contributed by atoms with Gasteiger partial charge in [0.05, 0.1) is 28.0 Å². The number of aromatic nitrogens is 2. The highest BCUT2D eigenvalue weighted by atomic mass is 32.2. The summed E-state index contributed by atoms with van der Waals surface area (Å²) in [4.78, 5) is 23.5. The second kappa shape index (κ2) is 6.51. The molecule has 0 bridgehead atoms. The summed E-state index contributed by atoms with van der Waals surface area (Å²) in [5.41, 5.74) is 8.34. The van der Waals surface area contributed by atoms with E-state index in [1.54, 1.807) is 16.7 Å². The maximum Gasteiger partial charge on any atom is 0.341 e. The molecule has 7 heteroatoms. The summed E-state index contributed by atoms with van der Waals surface area (Å²) in [7, 11) is 0. The predicted octanol–water partition coefficient (Wildman–Crippen LogP) is 4.07. The predicted molar refractivity (Wildman–Crippen MR) is 109 cm³/mol. The zero-order chi connectivity index (χ0) is 18.2. The second-order valence-corrected chi connectivity index (χ2v) is 7.56. The van der Waals surface area contributed by atoms with Gasteiger partial charge in [0.15, 0.2) is 0 Å². The van der Waals surface area contributed by atoms with Crippen LogP contribution in [-0.2, 0) is 0 Å². The molecule has 3 aromatic rings. The molecule has 0 radical (unpaired) electrons. The molecule has 6 nitrogen and oxygen atoms in total. The van der Waals surface area contributed by atoms with Crippen molar-refractivity contribution in [1.82, 2.24) is 15.4 Å². The van der Waals surface area contributed by atoms with Crippen LogP contribution in [0, 0.1) is 0 Å². The molecule has 2 atom stereocenters. The molecule has 0 fully saturated rings. The highest BCUT2D eigenvalue weighted by molar-refractivity contribution is 8.00. The smallest absolute Gasteiger partial charge is 0.323 e. The molecule has 1 aliphatic heterocycles. The second-order valence-electron chi connectivity index (χ2n) is 6.34. The molecule has 0 unspecified atom stereocenters. The van der Waals surface area contributed by atoms with Gasteiger partial charge in [-0.05, 0) is 24.3 Å². The largest absolute Gasteiger partial charge is 0.341 e. The Morgan fingerprint density at radius 3 is 2.81 bits per heavy atom. The molecular formula is C20H17N5OS. The van der Waals surface area contributed by atoms with Gasteiger partial charge in [-0.25, -0.2) is 15.2 Å². The summed E-state index contributed by atoms with van der Waals surface area (Å²) >= 11 is 1.78. The first-order chi connectivity index (χ1) is 13.3. The SMILES string of the molecule is O=C(NNc1nc2ccccc2[nH]1)N1c2ccccc2S[C@@H]2C=CC=C[C@@H]21. The van der Waals surface area contributed by atoms with Crippen molar-refractivity contribution >= 4 is 40.5 Å². The Morgan fingerprint density at radius 2 is 1.89 bits per heavy atom. The van der Waals surface area contributed by atoms with Crippen LogP contribution >= 0.6 is 11.8 Å². The summed E-state index contributed by atoms with van der Waals surface area (Å²) in [6.45, 7) is 0. The fraction of sp³-hybridized carbons (Fsp3) is 0.100. The Bertz CT molecular complexity index is 1040. The lowest BCUT2D eigenvalue weighted by molar-refractivity contribution is 0.246. The third kappa shape index (κ3) is 2.86. The maximum atomic E-state index is 13.0. The van der Waals surface area contributed by atoms with Crippen molar-refractivity contribution in [2.75, 3.05) is 10.3 Å². The number of hydrazine groups is 1. The number of carbonyl (C=O) groups excluding carboxylic acids is 1. The van der Waals surface area contributed by atoms with E-state index in [1.165, 1.54) is 0 Å². The van der Waals surface area contributed by atoms with Crippen LogP contribution in [0.5, 0.6) is 0 Å². The van der Waals surface area contributed by atoms with Gasteiger partial charge in [-0.15, -0.1) is 11.8 Å². The zero-order valence-electron chi connectivity index (χ0n) is 14.3. The van der Waals surface area contributed by atoms with E-state index in [2.05, 4.69) is 39.0 Å². The molecule has 27 heavy (non-hydrogen) atoms. The quantitative estimate of drug-likeness (QED) is 0.590. The Labute approximate surface area is 160 Å². The van der Waals surface area contributed by atoms with Crippen molar-refractivity contribution in [1.29, 1.82) is 0 Å². The van der Waals surface area contributed by atoms with Gasteiger partial charge in [0.2, 0.25) is 5.95 Å². The number of nitrogens with zero attached hydrogens (tertiary/aromatic N) is 2. The topological polar surface area (TPSA) is 73.0 Å². The highest BCUT2D eigenvalue weighted by Gasteiger charge is 2.36. The van der Waals surface area contributed by atoms with Crippen LogP contribution in [0.1, 0.15) is 0 Å². The van der Waals surface area contributed by atoms with Crippen LogP contribution in [-0.4, -0.2) is 27.3 Å². The Balaban J connectivity index is 1.41. The van der Waals surface area contributed by atoms with Crippen LogP contribution in [0.25, 0.3) is 11.0 Å². The molecule has 2 aliphatic rings. The van der Waals surface area contributed by atoms with Crippen LogP contribution < -0.4 is 15.8 Å². The number of rotatable bonds is 2. The lowest BCUT2D eigenvalue weighted by Crippen LogP contribution is -2.53. The third-order valence-corrected chi connectivity index (χ3v) is 5.95. The van der Waals surface area contributed by atoms with E-state index in [1.807, 2.05) is 54.6 Å². The molecule has 0 saturated carbocycles. The number of hydrogen-bond acceptors (Lipinski definition) is 4. The number of hydrogen-bond donors (Lipinski definition) is 3. The van der Waals surface area contributed by atoms with Gasteiger partial charge in [-0.2, -0.15) is 0 Å². The summed E-state index contributed by atoms with van der Waals surface area (Å²) in [6.07, 6.45) is 8.22. The zero-order valence-corrected chi connectivity index (χ0v) is 15.1. The first-order valence-electron chi connectivity index (χ1n) is 8.70. The van der Waals surface area contributed by atoms with Crippen molar-refractivity contribution in [2.24, 2.45) is 0 Å². The summed E-state index contributed by atoms with van der Waals surface area (Å²) in [6, 6.07) is 15.4. The van der Waals surface area contributed by atoms with E-state index < -0.39 is 0 Å². The molecule has 2 aromatic carbocycles. The lowest BCUT2D eigenvalue weighted by atomic mass is 10.1. The normalized spacial score (nSPS) is 20.2. The molecule has 0 saturated heterocycles. The average molecular weight is 375 g/mol. The lowest BCUT2D eigenvalue weighted by Gasteiger charge is -2.40. The van der Waals surface area contributed by atoms with Crippen LogP contribution in [0.4, 0.5) is 16.4 Å². The van der Waals surface area contributed by atoms with Crippen molar-refractivity contribution < 1.29 is 4.79 Å². The molecule has 1 aliphatic carbocycles. The van der Waals surface area contributed by atoms with Crippen LogP contribution in [0.15, 0.2) is 77.7 Å². The van der Waals surface area contributed by atoms with Crippen LogP contribution in [0.2, 0.25) is 0 Å². The minimum Gasteiger partial charge on any atom is -0.323 e. The number of allylic oxidation sites excluding steroid dienone is 2. The van der Waals surface area contributed by atoms with E-state index in [9.17, 15) is 4.79 Å². The van der Waals surface area contributed by atoms with Gasteiger partial charge in [-0.3, -0.25) is 10.3 Å². The minimum atomic E-state index is -0.224.